The molecule has 11 heteroatoms. The molecule has 3 N–H and O–H groups in total. The van der Waals surface area contributed by atoms with Gasteiger partial charge >= 0.3 is 7.60 Å². The summed E-state index contributed by atoms with van der Waals surface area (Å²) in [6.45, 7) is 3.13. The van der Waals surface area contributed by atoms with Gasteiger partial charge in [0.2, 0.25) is 0 Å². The van der Waals surface area contributed by atoms with Gasteiger partial charge in [-0.05, 0) is 43.9 Å². The maximum Gasteiger partial charge on any atom is 0.353 e. The fourth-order valence-electron chi connectivity index (χ4n) is 4.50. The van der Waals surface area contributed by atoms with Crippen molar-refractivity contribution in [3.05, 3.63) is 48.0 Å². The highest BCUT2D eigenvalue weighted by Crippen LogP contribution is 2.41. The number of aryl methyl sites for hydroxylation is 1. The van der Waals surface area contributed by atoms with Gasteiger partial charge in [0, 0.05) is 12.2 Å². The first-order valence-corrected chi connectivity index (χ1v) is 16.3. The molecule has 0 radical (unpaired) electrons. The highest BCUT2D eigenvalue weighted by Gasteiger charge is 2.21. The van der Waals surface area contributed by atoms with Crippen LogP contribution < -0.4 is 5.73 Å². The minimum absolute atomic E-state index is 0.0457. The number of fused-ring (bicyclic) bond motifs is 1. The summed E-state index contributed by atoms with van der Waals surface area (Å²) in [6.07, 6.45) is 19.6. The van der Waals surface area contributed by atoms with E-state index in [2.05, 4.69) is 33.0 Å². The van der Waals surface area contributed by atoms with Gasteiger partial charge in [-0.3, -0.25) is 4.57 Å². The third kappa shape index (κ3) is 12.3. The lowest BCUT2D eigenvalue weighted by atomic mass is 10.0. The van der Waals surface area contributed by atoms with E-state index >= 15 is 0 Å². The van der Waals surface area contributed by atoms with Crippen LogP contribution in [0.2, 0.25) is 0 Å². The van der Waals surface area contributed by atoms with Gasteiger partial charge in [0.1, 0.15) is 18.2 Å². The monoisotopic (exact) mass is 585 g/mol. The first-order valence-electron chi connectivity index (χ1n) is 14.5. The van der Waals surface area contributed by atoms with E-state index < -0.39 is 13.9 Å². The van der Waals surface area contributed by atoms with E-state index in [1.165, 1.54) is 56.8 Å². The van der Waals surface area contributed by atoms with Crippen LogP contribution in [0.4, 0.5) is 5.82 Å². The Morgan fingerprint density at radius 1 is 0.976 bits per heavy atom. The summed E-state index contributed by atoms with van der Waals surface area (Å²) in [5.74, 6) is 2.96. The number of hydrogen-bond acceptors (Lipinski definition) is 8. The van der Waals surface area contributed by atoms with Crippen molar-refractivity contribution in [2.75, 3.05) is 31.9 Å². The molecule has 224 valence electrons. The minimum atomic E-state index is -3.87. The van der Waals surface area contributed by atoms with E-state index in [-0.39, 0.29) is 19.3 Å². The zero-order valence-corrected chi connectivity index (χ0v) is 25.0. The Balaban J connectivity index is 1.11. The van der Waals surface area contributed by atoms with E-state index in [1.807, 2.05) is 12.1 Å². The normalized spacial score (nSPS) is 13.7. The molecule has 2 atom stereocenters. The number of nitrogens with two attached hydrogens (primary N) is 1. The van der Waals surface area contributed by atoms with Gasteiger partial charge in [-0.15, -0.1) is 6.42 Å². The lowest BCUT2D eigenvalue weighted by Crippen LogP contribution is -2.18. The summed E-state index contributed by atoms with van der Waals surface area (Å²) in [5, 5.41) is 0. The number of terminal acetylenes is 1. The van der Waals surface area contributed by atoms with Gasteiger partial charge in [-0.2, -0.15) is 0 Å². The highest BCUT2D eigenvalue weighted by atomic mass is 31.2. The molecule has 2 aromatic heterocycles. The van der Waals surface area contributed by atoms with Crippen molar-refractivity contribution in [3.63, 3.8) is 0 Å². The molecule has 0 aliphatic heterocycles. The van der Waals surface area contributed by atoms with Crippen LogP contribution in [0.25, 0.3) is 11.2 Å². The fourth-order valence-corrected chi connectivity index (χ4v) is 5.38. The van der Waals surface area contributed by atoms with Crippen LogP contribution in [-0.2, 0) is 31.5 Å². The smallest absolute Gasteiger partial charge is 0.353 e. The number of rotatable bonds is 21. The molecule has 0 fully saturated rings. The number of aromatic nitrogens is 4. The summed E-state index contributed by atoms with van der Waals surface area (Å²) in [5.41, 5.74) is 9.20. The molecular formula is C30H44N5O5P. The van der Waals surface area contributed by atoms with Crippen molar-refractivity contribution in [3.8, 4) is 12.3 Å². The van der Waals surface area contributed by atoms with Crippen molar-refractivity contribution in [2.24, 2.45) is 0 Å². The van der Waals surface area contributed by atoms with E-state index in [1.54, 1.807) is 17.8 Å². The van der Waals surface area contributed by atoms with Crippen LogP contribution >= 0.6 is 7.60 Å². The second kappa shape index (κ2) is 17.9. The molecule has 0 spiro atoms. The lowest BCUT2D eigenvalue weighted by molar-refractivity contribution is 0.0610. The van der Waals surface area contributed by atoms with Crippen molar-refractivity contribution in [1.29, 1.82) is 0 Å². The number of benzene rings is 1. The minimum Gasteiger partial charge on any atom is -0.382 e. The largest absolute Gasteiger partial charge is 0.382 e. The topological polar surface area (TPSA) is 135 Å². The molecule has 0 aliphatic rings. The van der Waals surface area contributed by atoms with Crippen LogP contribution in [-0.4, -0.2) is 56.7 Å². The number of hydrogen-bond donors (Lipinski definition) is 2. The van der Waals surface area contributed by atoms with Crippen molar-refractivity contribution in [2.45, 2.75) is 83.8 Å². The third-order valence-electron chi connectivity index (χ3n) is 6.80. The molecule has 1 unspecified atom stereocenters. The number of ether oxygens (including phenoxy) is 2. The van der Waals surface area contributed by atoms with Gasteiger partial charge in [0.05, 0.1) is 32.2 Å². The molecule has 2 heterocycles. The van der Waals surface area contributed by atoms with Crippen molar-refractivity contribution < 1.29 is 23.5 Å². The van der Waals surface area contributed by atoms with Gasteiger partial charge < -0.3 is 29.2 Å². The fraction of sp³-hybridized carbons (Fsp3) is 0.567. The second-order valence-electron chi connectivity index (χ2n) is 10.3. The second-order valence-corrected chi connectivity index (χ2v) is 12.1. The molecule has 0 amide bonds. The Kier molecular flexibility index (Phi) is 14.3. The Morgan fingerprint density at radius 3 is 2.37 bits per heavy atom. The first-order chi connectivity index (χ1) is 19.9. The van der Waals surface area contributed by atoms with E-state index in [0.29, 0.717) is 30.1 Å². The van der Waals surface area contributed by atoms with E-state index in [0.717, 1.165) is 24.8 Å². The van der Waals surface area contributed by atoms with Crippen LogP contribution in [0.15, 0.2) is 36.9 Å². The van der Waals surface area contributed by atoms with Crippen LogP contribution in [0.1, 0.15) is 75.8 Å². The number of imidazole rings is 1. The van der Waals surface area contributed by atoms with Crippen LogP contribution in [0.3, 0.4) is 0 Å². The molecule has 0 aliphatic carbocycles. The first kappa shape index (κ1) is 32.7. The molecule has 3 aromatic rings. The summed E-state index contributed by atoms with van der Waals surface area (Å²) >= 11 is 0. The van der Waals surface area contributed by atoms with Crippen molar-refractivity contribution >= 4 is 24.6 Å². The van der Waals surface area contributed by atoms with Gasteiger partial charge in [0.15, 0.2) is 11.5 Å². The lowest BCUT2D eigenvalue weighted by Gasteiger charge is -2.17. The summed E-state index contributed by atoms with van der Waals surface area (Å²) < 4.78 is 30.3. The van der Waals surface area contributed by atoms with Crippen molar-refractivity contribution in [1.82, 2.24) is 19.5 Å². The SMILES string of the molecule is C#Cc1ccc(CCCCCCCCCCCOCCOP(=O)(O)CO[C@H](C)Cn2cnc3c(N)ncnc32)cc1. The predicted octanol–water partition coefficient (Wildman–Crippen LogP) is 5.72. The average Bonchev–Trinajstić information content (AvgIpc) is 3.38. The molecule has 0 bridgehead atoms. The molecule has 41 heavy (non-hydrogen) atoms. The number of nitrogen functional groups attached to an aromatic ring is 1. The van der Waals surface area contributed by atoms with E-state index in [4.69, 9.17) is 26.2 Å². The third-order valence-corrected chi connectivity index (χ3v) is 7.86. The Hall–Kier alpha value is -2.80. The summed E-state index contributed by atoms with van der Waals surface area (Å²) in [7, 11) is -3.87. The zero-order chi connectivity index (χ0) is 29.3. The van der Waals surface area contributed by atoms with Gasteiger partial charge in [-0.25, -0.2) is 15.0 Å². The maximum absolute atomic E-state index is 12.3. The summed E-state index contributed by atoms with van der Waals surface area (Å²) in [6, 6.07) is 8.30. The maximum atomic E-state index is 12.3. The van der Waals surface area contributed by atoms with Crippen LogP contribution in [0.5, 0.6) is 0 Å². The number of anilines is 1. The molecule has 3 rings (SSSR count). The molecule has 1 aromatic carbocycles. The highest BCUT2D eigenvalue weighted by molar-refractivity contribution is 7.52. The predicted molar refractivity (Wildman–Crippen MR) is 161 cm³/mol. The van der Waals surface area contributed by atoms with Gasteiger partial charge in [0.25, 0.3) is 0 Å². The average molecular weight is 586 g/mol. The standard InChI is InChI=1S/C30H44N5O5P/c1-3-26-14-16-27(17-15-26)13-11-9-7-5-4-6-8-10-12-18-38-19-20-40-41(36,37)24-39-25(2)21-35-23-34-28-29(31)32-22-33-30(28)35/h1,14-17,22-23,25H,4-13,18-21,24H2,2H3,(H,36,37)(H2,31,32,33)/t25-/m1/s1. The summed E-state index contributed by atoms with van der Waals surface area (Å²) in [4.78, 5) is 22.4. The number of nitrogens with zero attached hydrogens (tertiary/aromatic N) is 4. The quantitative estimate of drug-likeness (QED) is 0.0913. The molecule has 0 saturated carbocycles. The zero-order valence-electron chi connectivity index (χ0n) is 24.1. The van der Waals surface area contributed by atoms with E-state index in [9.17, 15) is 9.46 Å². The Bertz CT molecular complexity index is 1260. The Morgan fingerprint density at radius 2 is 1.66 bits per heavy atom. The van der Waals surface area contributed by atoms with Crippen LogP contribution in [0, 0.1) is 12.3 Å². The molecule has 0 saturated heterocycles. The Labute approximate surface area is 243 Å². The van der Waals surface area contributed by atoms with Gasteiger partial charge in [-0.1, -0.05) is 63.0 Å². The number of unbranched alkanes of at least 4 members (excludes halogenated alkanes) is 8. The molecular weight excluding hydrogens is 541 g/mol. The molecule has 10 nitrogen and oxygen atoms in total.